The minimum atomic E-state index is 0.0424. The topological polar surface area (TPSA) is 53.1 Å². The van der Waals surface area contributed by atoms with E-state index in [9.17, 15) is 0 Å². The second-order valence-corrected chi connectivity index (χ2v) is 4.80. The van der Waals surface area contributed by atoms with E-state index in [0.717, 1.165) is 38.2 Å². The summed E-state index contributed by atoms with van der Waals surface area (Å²) in [5, 5.41) is 0. The van der Waals surface area contributed by atoms with Gasteiger partial charge in [-0.25, -0.2) is 4.98 Å². The predicted molar refractivity (Wildman–Crippen MR) is 67.7 cm³/mol. The van der Waals surface area contributed by atoms with E-state index in [-0.39, 0.29) is 6.04 Å². The molecule has 0 aliphatic carbocycles. The summed E-state index contributed by atoms with van der Waals surface area (Å²) in [6.07, 6.45) is 9.81. The van der Waals surface area contributed by atoms with Crippen LogP contribution in [-0.4, -0.2) is 22.3 Å². The Morgan fingerprint density at radius 1 is 1.65 bits per heavy atom. The largest absolute Gasteiger partial charge is 0.378 e. The molecule has 2 rings (SSSR count). The van der Waals surface area contributed by atoms with Gasteiger partial charge in [-0.2, -0.15) is 0 Å². The van der Waals surface area contributed by atoms with Gasteiger partial charge < -0.3 is 15.0 Å². The fourth-order valence-corrected chi connectivity index (χ4v) is 2.45. The van der Waals surface area contributed by atoms with Gasteiger partial charge in [-0.15, -0.1) is 0 Å². The van der Waals surface area contributed by atoms with Crippen molar-refractivity contribution >= 4 is 0 Å². The van der Waals surface area contributed by atoms with Crippen molar-refractivity contribution in [2.45, 2.75) is 57.7 Å². The molecule has 96 valence electrons. The van der Waals surface area contributed by atoms with Crippen LogP contribution >= 0.6 is 0 Å². The Morgan fingerprint density at radius 3 is 3.24 bits per heavy atom. The van der Waals surface area contributed by atoms with Gasteiger partial charge >= 0.3 is 0 Å². The summed E-state index contributed by atoms with van der Waals surface area (Å²) in [6.45, 7) is 4.09. The van der Waals surface area contributed by atoms with Crippen molar-refractivity contribution < 1.29 is 4.74 Å². The number of hydrogen-bond donors (Lipinski definition) is 1. The van der Waals surface area contributed by atoms with Crippen molar-refractivity contribution in [2.75, 3.05) is 6.61 Å². The monoisotopic (exact) mass is 237 g/mol. The Bertz CT molecular complexity index is 331. The quantitative estimate of drug-likeness (QED) is 0.825. The minimum absolute atomic E-state index is 0.0424. The van der Waals surface area contributed by atoms with E-state index in [2.05, 4.69) is 16.5 Å². The molecule has 1 aliphatic rings. The van der Waals surface area contributed by atoms with Crippen LogP contribution < -0.4 is 5.73 Å². The molecule has 0 radical (unpaired) electrons. The molecule has 0 saturated carbocycles. The molecule has 4 heteroatoms. The maximum absolute atomic E-state index is 6.21. The fraction of sp³-hybridized carbons (Fsp3) is 0.769. The second-order valence-electron chi connectivity index (χ2n) is 4.80. The molecule has 1 saturated heterocycles. The molecule has 4 nitrogen and oxygen atoms in total. The maximum Gasteiger partial charge on any atom is 0.125 e. The molecule has 1 aromatic heterocycles. The molecule has 2 unspecified atom stereocenters. The summed E-state index contributed by atoms with van der Waals surface area (Å²) >= 11 is 0. The molecule has 17 heavy (non-hydrogen) atoms. The van der Waals surface area contributed by atoms with Crippen molar-refractivity contribution in [1.29, 1.82) is 0 Å². The van der Waals surface area contributed by atoms with Gasteiger partial charge in [0.1, 0.15) is 5.82 Å². The molecule has 0 aromatic carbocycles. The van der Waals surface area contributed by atoms with Crippen LogP contribution in [0.4, 0.5) is 0 Å². The summed E-state index contributed by atoms with van der Waals surface area (Å²) in [7, 11) is 0. The molecule has 1 fully saturated rings. The smallest absolute Gasteiger partial charge is 0.125 e. The number of rotatable bonds is 6. The van der Waals surface area contributed by atoms with Crippen LogP contribution in [0.25, 0.3) is 0 Å². The molecule has 1 aromatic rings. The third-order valence-electron chi connectivity index (χ3n) is 3.37. The van der Waals surface area contributed by atoms with Gasteiger partial charge in [0.25, 0.3) is 0 Å². The first-order valence-electron chi connectivity index (χ1n) is 6.69. The van der Waals surface area contributed by atoms with Crippen molar-refractivity contribution in [3.63, 3.8) is 0 Å². The highest BCUT2D eigenvalue weighted by Gasteiger charge is 2.18. The normalized spacial score (nSPS) is 21.9. The first kappa shape index (κ1) is 12.6. The Labute approximate surface area is 103 Å². The molecule has 2 atom stereocenters. The zero-order valence-electron chi connectivity index (χ0n) is 10.6. The molecule has 0 amide bonds. The lowest BCUT2D eigenvalue weighted by atomic mass is 10.1. The van der Waals surface area contributed by atoms with E-state index in [1.54, 1.807) is 0 Å². The molecule has 2 heterocycles. The van der Waals surface area contributed by atoms with Crippen LogP contribution in [0, 0.1) is 0 Å². The van der Waals surface area contributed by atoms with E-state index >= 15 is 0 Å². The second kappa shape index (κ2) is 6.17. The van der Waals surface area contributed by atoms with Gasteiger partial charge in [-0.1, -0.05) is 6.92 Å². The van der Waals surface area contributed by atoms with E-state index < -0.39 is 0 Å². The first-order valence-corrected chi connectivity index (χ1v) is 6.69. The molecular weight excluding hydrogens is 214 g/mol. The third kappa shape index (κ3) is 3.30. The van der Waals surface area contributed by atoms with Gasteiger partial charge in [-0.3, -0.25) is 0 Å². The van der Waals surface area contributed by atoms with Crippen molar-refractivity contribution in [1.82, 2.24) is 9.55 Å². The highest BCUT2D eigenvalue weighted by atomic mass is 16.5. The average Bonchev–Trinajstić information content (AvgIpc) is 2.97. The molecule has 0 bridgehead atoms. The van der Waals surface area contributed by atoms with Gasteiger partial charge in [0.2, 0.25) is 0 Å². The highest BCUT2D eigenvalue weighted by Crippen LogP contribution is 2.21. The predicted octanol–water partition coefficient (Wildman–Crippen LogP) is 2.25. The van der Waals surface area contributed by atoms with Crippen LogP contribution in [0.15, 0.2) is 12.4 Å². The lowest BCUT2D eigenvalue weighted by molar-refractivity contribution is 0.100. The van der Waals surface area contributed by atoms with Crippen LogP contribution in [0.3, 0.4) is 0 Å². The van der Waals surface area contributed by atoms with Crippen LogP contribution in [0.1, 0.15) is 50.9 Å². The molecule has 1 aliphatic heterocycles. The van der Waals surface area contributed by atoms with E-state index in [1.807, 2.05) is 12.4 Å². The summed E-state index contributed by atoms with van der Waals surface area (Å²) in [5.41, 5.74) is 6.21. The standard InChI is InChI=1S/C13H23N3O/c1-2-8-16-9-7-15-13(16)12(14)6-5-11-4-3-10-17-11/h7,9,11-12H,2-6,8,10,14H2,1H3. The number of ether oxygens (including phenoxy) is 1. The number of aryl methyl sites for hydroxylation is 1. The van der Waals surface area contributed by atoms with Gasteiger partial charge in [0.15, 0.2) is 0 Å². The average molecular weight is 237 g/mol. The van der Waals surface area contributed by atoms with Crippen LogP contribution in [0.2, 0.25) is 0 Å². The molecule has 2 N–H and O–H groups in total. The van der Waals surface area contributed by atoms with Crippen LogP contribution in [-0.2, 0) is 11.3 Å². The number of nitrogens with zero attached hydrogens (tertiary/aromatic N) is 2. The van der Waals surface area contributed by atoms with E-state index in [0.29, 0.717) is 6.10 Å². The zero-order valence-corrected chi connectivity index (χ0v) is 10.6. The van der Waals surface area contributed by atoms with Gasteiger partial charge in [-0.05, 0) is 32.1 Å². The summed E-state index contributed by atoms with van der Waals surface area (Å²) in [6, 6.07) is 0.0424. The minimum Gasteiger partial charge on any atom is -0.378 e. The number of imidazole rings is 1. The van der Waals surface area contributed by atoms with Crippen LogP contribution in [0.5, 0.6) is 0 Å². The summed E-state index contributed by atoms with van der Waals surface area (Å²) in [4.78, 5) is 4.38. The van der Waals surface area contributed by atoms with Gasteiger partial charge in [0.05, 0.1) is 12.1 Å². The van der Waals surface area contributed by atoms with E-state index in [1.165, 1.54) is 12.8 Å². The first-order chi connectivity index (χ1) is 8.31. The van der Waals surface area contributed by atoms with E-state index in [4.69, 9.17) is 10.5 Å². The Morgan fingerprint density at radius 2 is 2.53 bits per heavy atom. The lowest BCUT2D eigenvalue weighted by Gasteiger charge is -2.15. The molecular formula is C13H23N3O. The Balaban J connectivity index is 1.85. The van der Waals surface area contributed by atoms with Gasteiger partial charge in [0, 0.05) is 25.5 Å². The highest BCUT2D eigenvalue weighted by molar-refractivity contribution is 4.98. The van der Waals surface area contributed by atoms with Crippen molar-refractivity contribution in [3.8, 4) is 0 Å². The summed E-state index contributed by atoms with van der Waals surface area (Å²) < 4.78 is 7.78. The summed E-state index contributed by atoms with van der Waals surface area (Å²) in [5.74, 6) is 1.02. The number of hydrogen-bond acceptors (Lipinski definition) is 3. The van der Waals surface area contributed by atoms with Crippen molar-refractivity contribution in [2.24, 2.45) is 5.73 Å². The number of aromatic nitrogens is 2. The third-order valence-corrected chi connectivity index (χ3v) is 3.37. The lowest BCUT2D eigenvalue weighted by Crippen LogP contribution is -2.19. The molecule has 0 spiro atoms. The number of nitrogens with two attached hydrogens (primary N) is 1. The van der Waals surface area contributed by atoms with Crippen molar-refractivity contribution in [3.05, 3.63) is 18.2 Å². The zero-order chi connectivity index (χ0) is 12.1. The fourth-order valence-electron chi connectivity index (χ4n) is 2.45. The SMILES string of the molecule is CCCn1ccnc1C(N)CCC1CCCO1. The maximum atomic E-state index is 6.21. The Kier molecular flexibility index (Phi) is 4.57. The Hall–Kier alpha value is -0.870.